The molecular formula is C51H34BN3. The monoisotopic (exact) mass is 699 g/mol. The first-order valence-electron chi connectivity index (χ1n) is 19.4. The highest BCUT2D eigenvalue weighted by Gasteiger charge is 2.46. The second kappa shape index (κ2) is 10.2. The predicted molar refractivity (Wildman–Crippen MR) is 233 cm³/mol. The summed E-state index contributed by atoms with van der Waals surface area (Å²) in [6.45, 7) is 5.00. The first kappa shape index (κ1) is 29.7. The van der Waals surface area contributed by atoms with E-state index < -0.39 is 0 Å². The zero-order chi connectivity index (χ0) is 36.2. The Morgan fingerprint density at radius 1 is 0.382 bits per heavy atom. The lowest BCUT2D eigenvalue weighted by Crippen LogP contribution is -2.63. The molecule has 2 aliphatic heterocycles. The fraction of sp³-hybridized carbons (Fsp3) is 0.0588. The molecule has 0 bridgehead atoms. The number of rotatable bonds is 2. The molecule has 8 aromatic carbocycles. The van der Waals surface area contributed by atoms with Gasteiger partial charge < -0.3 is 13.7 Å². The van der Waals surface area contributed by atoms with Gasteiger partial charge in [0.1, 0.15) is 0 Å². The second-order valence-electron chi connectivity index (χ2n) is 16.1. The van der Waals surface area contributed by atoms with Crippen LogP contribution in [0.1, 0.15) is 25.0 Å². The van der Waals surface area contributed by atoms with Crippen LogP contribution in [0.2, 0.25) is 0 Å². The van der Waals surface area contributed by atoms with Gasteiger partial charge >= 0.3 is 0 Å². The van der Waals surface area contributed by atoms with E-state index in [2.05, 4.69) is 197 Å². The summed E-state index contributed by atoms with van der Waals surface area (Å²) in [5.41, 5.74) is 17.9. The van der Waals surface area contributed by atoms with Gasteiger partial charge in [0.15, 0.2) is 0 Å². The molecule has 3 nitrogen and oxygen atoms in total. The molecule has 0 atom stereocenters. The molecule has 0 unspecified atom stereocenters. The summed E-state index contributed by atoms with van der Waals surface area (Å²) < 4.78 is 7.56. The van der Waals surface area contributed by atoms with Crippen LogP contribution in [-0.2, 0) is 5.41 Å². The highest BCUT2D eigenvalue weighted by Crippen LogP contribution is 2.44. The van der Waals surface area contributed by atoms with Crippen LogP contribution in [0.25, 0.3) is 82.5 Å². The van der Waals surface area contributed by atoms with Crippen LogP contribution in [-0.4, -0.2) is 20.4 Å². The molecule has 0 saturated carbocycles. The SMILES string of the molecule is CC1(C)c2cc3c(cc2B2c4c(cc(-n5c6ccccc6c6ccccc65)cc41)-n1c4ccccc4c4cccc2c41)c1ccccc1n3-c1ccccc1. The first-order chi connectivity index (χ1) is 27.1. The maximum atomic E-state index is 2.59. The van der Waals surface area contributed by atoms with Crippen LogP contribution in [0.5, 0.6) is 0 Å². The van der Waals surface area contributed by atoms with Gasteiger partial charge in [0.25, 0.3) is 0 Å². The Kier molecular flexibility index (Phi) is 5.53. The van der Waals surface area contributed by atoms with Crippen LogP contribution in [0.15, 0.2) is 170 Å². The number of nitrogens with zero attached hydrogens (tertiary/aromatic N) is 3. The molecule has 5 heterocycles. The zero-order valence-electron chi connectivity index (χ0n) is 30.6. The molecule has 256 valence electrons. The van der Waals surface area contributed by atoms with E-state index in [-0.39, 0.29) is 12.1 Å². The number of fused-ring (bicyclic) bond motifs is 13. The number of hydrogen-bond acceptors (Lipinski definition) is 0. The lowest BCUT2D eigenvalue weighted by Gasteiger charge is -2.42. The summed E-state index contributed by atoms with van der Waals surface area (Å²) in [4.78, 5) is 0. The quantitative estimate of drug-likeness (QED) is 0.160. The highest BCUT2D eigenvalue weighted by molar-refractivity contribution is 6.99. The van der Waals surface area contributed by atoms with Crippen LogP contribution in [0.3, 0.4) is 0 Å². The van der Waals surface area contributed by atoms with E-state index in [1.807, 2.05) is 0 Å². The van der Waals surface area contributed by atoms with E-state index in [1.165, 1.54) is 110 Å². The third kappa shape index (κ3) is 3.63. The molecule has 11 aromatic rings. The Labute approximate surface area is 318 Å². The molecule has 4 heteroatoms. The van der Waals surface area contributed by atoms with Crippen LogP contribution >= 0.6 is 0 Å². The fourth-order valence-electron chi connectivity index (χ4n) is 10.8. The summed E-state index contributed by atoms with van der Waals surface area (Å²) in [5, 5.41) is 7.77. The summed E-state index contributed by atoms with van der Waals surface area (Å²) in [6, 6.07) is 63.7. The van der Waals surface area contributed by atoms with Gasteiger partial charge in [-0.05, 0) is 76.6 Å². The van der Waals surface area contributed by atoms with E-state index in [1.54, 1.807) is 0 Å². The topological polar surface area (TPSA) is 14.8 Å². The van der Waals surface area contributed by atoms with Crippen molar-refractivity contribution in [2.75, 3.05) is 0 Å². The molecular weight excluding hydrogens is 665 g/mol. The van der Waals surface area contributed by atoms with Crippen molar-refractivity contribution in [1.82, 2.24) is 13.7 Å². The largest absolute Gasteiger partial charge is 0.310 e. The highest BCUT2D eigenvalue weighted by atomic mass is 15.0. The van der Waals surface area contributed by atoms with Crippen LogP contribution in [0, 0.1) is 0 Å². The molecule has 2 aliphatic rings. The third-order valence-corrected chi connectivity index (χ3v) is 13.1. The van der Waals surface area contributed by atoms with Crippen LogP contribution in [0.4, 0.5) is 0 Å². The Balaban J connectivity index is 1.21. The predicted octanol–water partition coefficient (Wildman–Crippen LogP) is 10.4. The molecule has 3 aromatic heterocycles. The normalized spacial score (nSPS) is 14.1. The van der Waals surface area contributed by atoms with E-state index in [0.717, 1.165) is 0 Å². The zero-order valence-corrected chi connectivity index (χ0v) is 30.6. The number of para-hydroxylation sites is 6. The van der Waals surface area contributed by atoms with Gasteiger partial charge in [-0.3, -0.25) is 0 Å². The summed E-state index contributed by atoms with van der Waals surface area (Å²) in [7, 11) is 0. The maximum Gasteiger partial charge on any atom is 0.247 e. The lowest BCUT2D eigenvalue weighted by molar-refractivity contribution is 0.645. The minimum absolute atomic E-state index is 0.0870. The Morgan fingerprint density at radius 2 is 0.909 bits per heavy atom. The Morgan fingerprint density at radius 3 is 1.56 bits per heavy atom. The van der Waals surface area contributed by atoms with Crippen molar-refractivity contribution in [2.24, 2.45) is 0 Å². The van der Waals surface area contributed by atoms with E-state index in [0.29, 0.717) is 0 Å². The number of hydrogen-bond donors (Lipinski definition) is 0. The average molecular weight is 700 g/mol. The van der Waals surface area contributed by atoms with Crippen molar-refractivity contribution in [2.45, 2.75) is 19.3 Å². The lowest BCUT2D eigenvalue weighted by atomic mass is 9.30. The molecule has 0 radical (unpaired) electrons. The molecule has 0 N–H and O–H groups in total. The van der Waals surface area contributed by atoms with Gasteiger partial charge in [-0.15, -0.1) is 0 Å². The van der Waals surface area contributed by atoms with E-state index in [4.69, 9.17) is 0 Å². The van der Waals surface area contributed by atoms with Gasteiger partial charge in [-0.25, -0.2) is 0 Å². The van der Waals surface area contributed by atoms with Gasteiger partial charge in [-0.1, -0.05) is 135 Å². The molecule has 0 aliphatic carbocycles. The van der Waals surface area contributed by atoms with Gasteiger partial charge in [0.2, 0.25) is 6.71 Å². The Hall–Kier alpha value is -6.78. The summed E-state index contributed by atoms with van der Waals surface area (Å²) in [5.74, 6) is 0. The van der Waals surface area contributed by atoms with Crippen molar-refractivity contribution in [1.29, 1.82) is 0 Å². The fourth-order valence-corrected chi connectivity index (χ4v) is 10.8. The minimum Gasteiger partial charge on any atom is -0.310 e. The molecule has 0 spiro atoms. The van der Waals surface area contributed by atoms with Crippen molar-refractivity contribution in [3.63, 3.8) is 0 Å². The molecule has 0 saturated heterocycles. The molecule has 55 heavy (non-hydrogen) atoms. The molecule has 0 amide bonds. The number of aromatic nitrogens is 3. The van der Waals surface area contributed by atoms with Gasteiger partial charge in [0.05, 0.1) is 27.6 Å². The second-order valence-corrected chi connectivity index (χ2v) is 16.1. The summed E-state index contributed by atoms with van der Waals surface area (Å²) >= 11 is 0. The van der Waals surface area contributed by atoms with Crippen molar-refractivity contribution in [3.8, 4) is 17.1 Å². The van der Waals surface area contributed by atoms with Crippen molar-refractivity contribution >= 4 is 88.5 Å². The minimum atomic E-state index is -0.300. The van der Waals surface area contributed by atoms with Gasteiger partial charge in [-0.2, -0.15) is 0 Å². The molecule has 0 fully saturated rings. The number of benzene rings is 8. The maximum absolute atomic E-state index is 2.59. The summed E-state index contributed by atoms with van der Waals surface area (Å²) in [6.07, 6.45) is 0. The average Bonchev–Trinajstić information content (AvgIpc) is 3.87. The van der Waals surface area contributed by atoms with Gasteiger partial charge in [0, 0.05) is 60.3 Å². The first-order valence-corrected chi connectivity index (χ1v) is 19.4. The Bertz CT molecular complexity index is 3410. The van der Waals surface area contributed by atoms with Crippen molar-refractivity contribution < 1.29 is 0 Å². The standard InChI is InChI=1S/C51H34BN3/c1-51(2)39-30-47-38(36-20-9-12-25-45(36)53(47)31-15-4-3-5-16-31)29-42(39)52-41-22-14-21-37-35-19-8-13-26-46(35)55(50(37)41)48-28-32(27-40(51)49(48)52)54-43-23-10-6-17-33(43)34-18-7-11-24-44(34)54/h3-30H,1-2H3. The smallest absolute Gasteiger partial charge is 0.247 e. The van der Waals surface area contributed by atoms with E-state index >= 15 is 0 Å². The third-order valence-electron chi connectivity index (χ3n) is 13.1. The van der Waals surface area contributed by atoms with Crippen LogP contribution < -0.4 is 16.4 Å². The van der Waals surface area contributed by atoms with Crippen molar-refractivity contribution in [3.05, 3.63) is 181 Å². The molecule has 13 rings (SSSR count). The van der Waals surface area contributed by atoms with E-state index in [9.17, 15) is 0 Å².